The summed E-state index contributed by atoms with van der Waals surface area (Å²) >= 11 is 0. The van der Waals surface area contributed by atoms with E-state index in [0.29, 0.717) is 23.5 Å². The van der Waals surface area contributed by atoms with E-state index in [1.807, 2.05) is 0 Å². The van der Waals surface area contributed by atoms with Gasteiger partial charge in [0.1, 0.15) is 5.78 Å². The largest absolute Gasteiger partial charge is 0.299 e. The van der Waals surface area contributed by atoms with Gasteiger partial charge in [-0.15, -0.1) is 0 Å². The molecule has 0 heterocycles. The molecule has 0 aliphatic heterocycles. The van der Waals surface area contributed by atoms with Gasteiger partial charge in [0.05, 0.1) is 0 Å². The van der Waals surface area contributed by atoms with E-state index in [1.54, 1.807) is 0 Å². The Bertz CT molecular complexity index is 259. The van der Waals surface area contributed by atoms with E-state index >= 15 is 0 Å². The van der Waals surface area contributed by atoms with E-state index in [9.17, 15) is 4.79 Å². The lowest BCUT2D eigenvalue weighted by molar-refractivity contribution is -0.128. The van der Waals surface area contributed by atoms with E-state index in [0.717, 1.165) is 18.8 Å². The summed E-state index contributed by atoms with van der Waals surface area (Å²) in [5.41, 5.74) is 0.138. The summed E-state index contributed by atoms with van der Waals surface area (Å²) in [5.74, 6) is 2.86. The molecule has 1 rings (SSSR count). The maximum atomic E-state index is 12.5. The Morgan fingerprint density at radius 3 is 2.29 bits per heavy atom. The standard InChI is InChI=1S/C16H30O/c1-11(2)13-8-7-12(3)9-14(13)15(17)10-16(4,5)6/h11-14H,7-10H2,1-6H3. The molecule has 1 saturated carbocycles. The summed E-state index contributed by atoms with van der Waals surface area (Å²) in [4.78, 5) is 12.5. The van der Waals surface area contributed by atoms with Crippen LogP contribution in [0.5, 0.6) is 0 Å². The van der Waals surface area contributed by atoms with Gasteiger partial charge in [-0.1, -0.05) is 48.0 Å². The van der Waals surface area contributed by atoms with Gasteiger partial charge in [0.2, 0.25) is 0 Å². The Labute approximate surface area is 107 Å². The Kier molecular flexibility index (Phi) is 4.80. The van der Waals surface area contributed by atoms with E-state index in [-0.39, 0.29) is 5.41 Å². The fraction of sp³-hybridized carbons (Fsp3) is 0.938. The number of carbonyl (C=O) groups is 1. The zero-order chi connectivity index (χ0) is 13.2. The van der Waals surface area contributed by atoms with Crippen molar-refractivity contribution in [2.24, 2.45) is 29.1 Å². The molecule has 0 N–H and O–H groups in total. The maximum absolute atomic E-state index is 12.5. The fourth-order valence-electron chi connectivity index (χ4n) is 3.23. The van der Waals surface area contributed by atoms with Crippen LogP contribution in [0.1, 0.15) is 67.2 Å². The summed E-state index contributed by atoms with van der Waals surface area (Å²) in [7, 11) is 0. The minimum Gasteiger partial charge on any atom is -0.299 e. The minimum atomic E-state index is 0.138. The van der Waals surface area contributed by atoms with Gasteiger partial charge in [-0.05, 0) is 36.0 Å². The van der Waals surface area contributed by atoms with Crippen LogP contribution in [0.25, 0.3) is 0 Å². The van der Waals surface area contributed by atoms with Crippen molar-refractivity contribution < 1.29 is 4.79 Å². The van der Waals surface area contributed by atoms with Gasteiger partial charge in [0, 0.05) is 12.3 Å². The molecule has 1 fully saturated rings. The smallest absolute Gasteiger partial charge is 0.136 e. The molecule has 0 spiro atoms. The first kappa shape index (κ1) is 14.7. The highest BCUT2D eigenvalue weighted by molar-refractivity contribution is 5.82. The minimum absolute atomic E-state index is 0.138. The predicted molar refractivity (Wildman–Crippen MR) is 73.9 cm³/mol. The van der Waals surface area contributed by atoms with Crippen molar-refractivity contribution >= 4 is 5.78 Å². The van der Waals surface area contributed by atoms with Crippen molar-refractivity contribution in [3.63, 3.8) is 0 Å². The molecular weight excluding hydrogens is 208 g/mol. The van der Waals surface area contributed by atoms with Crippen molar-refractivity contribution in [2.45, 2.75) is 67.2 Å². The van der Waals surface area contributed by atoms with Crippen LogP contribution in [0.2, 0.25) is 0 Å². The van der Waals surface area contributed by atoms with Crippen molar-refractivity contribution in [1.82, 2.24) is 0 Å². The van der Waals surface area contributed by atoms with Crippen molar-refractivity contribution in [3.05, 3.63) is 0 Å². The number of carbonyl (C=O) groups excluding carboxylic acids is 1. The SMILES string of the molecule is CC1CCC(C(C)C)C(C(=O)CC(C)(C)C)C1. The summed E-state index contributed by atoms with van der Waals surface area (Å²) in [6.45, 7) is 13.4. The second kappa shape index (κ2) is 5.54. The third-order valence-corrected chi connectivity index (χ3v) is 4.14. The van der Waals surface area contributed by atoms with Crippen LogP contribution in [-0.2, 0) is 4.79 Å². The second-order valence-electron chi connectivity index (χ2n) is 7.64. The number of ketones is 1. The molecule has 1 aliphatic rings. The molecule has 3 atom stereocenters. The third-order valence-electron chi connectivity index (χ3n) is 4.14. The number of rotatable bonds is 3. The van der Waals surface area contributed by atoms with Crippen LogP contribution >= 0.6 is 0 Å². The van der Waals surface area contributed by atoms with Gasteiger partial charge in [0.25, 0.3) is 0 Å². The Morgan fingerprint density at radius 1 is 1.24 bits per heavy atom. The van der Waals surface area contributed by atoms with Crippen LogP contribution < -0.4 is 0 Å². The first-order valence-corrected chi connectivity index (χ1v) is 7.23. The van der Waals surface area contributed by atoms with Crippen molar-refractivity contribution in [2.75, 3.05) is 0 Å². The van der Waals surface area contributed by atoms with Gasteiger partial charge in [-0.2, -0.15) is 0 Å². The Balaban J connectivity index is 2.72. The molecule has 17 heavy (non-hydrogen) atoms. The molecule has 0 radical (unpaired) electrons. The van der Waals surface area contributed by atoms with Crippen LogP contribution in [0.3, 0.4) is 0 Å². The average molecular weight is 238 g/mol. The highest BCUT2D eigenvalue weighted by Gasteiger charge is 2.36. The van der Waals surface area contributed by atoms with Gasteiger partial charge in [-0.3, -0.25) is 4.79 Å². The van der Waals surface area contributed by atoms with Crippen molar-refractivity contribution in [1.29, 1.82) is 0 Å². The van der Waals surface area contributed by atoms with Crippen LogP contribution in [0.4, 0.5) is 0 Å². The van der Waals surface area contributed by atoms with E-state index in [2.05, 4.69) is 41.5 Å². The van der Waals surface area contributed by atoms with E-state index < -0.39 is 0 Å². The summed E-state index contributed by atoms with van der Waals surface area (Å²) in [6.07, 6.45) is 4.42. The zero-order valence-corrected chi connectivity index (χ0v) is 12.5. The van der Waals surface area contributed by atoms with Gasteiger partial charge in [0.15, 0.2) is 0 Å². The predicted octanol–water partition coefficient (Wildman–Crippen LogP) is 4.70. The zero-order valence-electron chi connectivity index (χ0n) is 12.5. The van der Waals surface area contributed by atoms with Gasteiger partial charge < -0.3 is 0 Å². The van der Waals surface area contributed by atoms with E-state index in [1.165, 1.54) is 12.8 Å². The molecule has 0 bridgehead atoms. The van der Waals surface area contributed by atoms with Gasteiger partial charge in [-0.25, -0.2) is 0 Å². The number of hydrogen-bond acceptors (Lipinski definition) is 1. The Morgan fingerprint density at radius 2 is 1.82 bits per heavy atom. The highest BCUT2D eigenvalue weighted by atomic mass is 16.1. The van der Waals surface area contributed by atoms with Crippen LogP contribution in [0.15, 0.2) is 0 Å². The lowest BCUT2D eigenvalue weighted by atomic mass is 9.67. The molecule has 0 saturated heterocycles. The molecule has 0 aromatic heterocycles. The maximum Gasteiger partial charge on any atom is 0.136 e. The van der Waals surface area contributed by atoms with Crippen LogP contribution in [0, 0.1) is 29.1 Å². The molecule has 1 aliphatic carbocycles. The quantitative estimate of drug-likeness (QED) is 0.696. The third kappa shape index (κ3) is 4.44. The lowest BCUT2D eigenvalue weighted by Crippen LogP contribution is -2.34. The van der Waals surface area contributed by atoms with Crippen LogP contribution in [-0.4, -0.2) is 5.78 Å². The van der Waals surface area contributed by atoms with E-state index in [4.69, 9.17) is 0 Å². The summed E-state index contributed by atoms with van der Waals surface area (Å²) < 4.78 is 0. The molecule has 0 aromatic carbocycles. The molecule has 0 amide bonds. The molecule has 1 nitrogen and oxygen atoms in total. The Hall–Kier alpha value is -0.330. The highest BCUT2D eigenvalue weighted by Crippen LogP contribution is 2.40. The topological polar surface area (TPSA) is 17.1 Å². The molecule has 0 aromatic rings. The first-order chi connectivity index (χ1) is 7.70. The first-order valence-electron chi connectivity index (χ1n) is 7.23. The molecule has 3 unspecified atom stereocenters. The van der Waals surface area contributed by atoms with Crippen molar-refractivity contribution in [3.8, 4) is 0 Å². The molecule has 1 heteroatoms. The number of Topliss-reactive ketones (excluding diaryl/α,β-unsaturated/α-hetero) is 1. The fourth-order valence-corrected chi connectivity index (χ4v) is 3.23. The lowest BCUT2D eigenvalue weighted by Gasteiger charge is -2.37. The average Bonchev–Trinajstić information content (AvgIpc) is 2.14. The number of hydrogen-bond donors (Lipinski definition) is 0. The monoisotopic (exact) mass is 238 g/mol. The van der Waals surface area contributed by atoms with Gasteiger partial charge >= 0.3 is 0 Å². The normalized spacial score (nSPS) is 30.6. The molecular formula is C16H30O. The second-order valence-corrected chi connectivity index (χ2v) is 7.64. The summed E-state index contributed by atoms with van der Waals surface area (Å²) in [5, 5.41) is 0. The summed E-state index contributed by atoms with van der Waals surface area (Å²) in [6, 6.07) is 0. The molecule has 100 valence electrons.